The lowest BCUT2D eigenvalue weighted by atomic mass is 10.0. The van der Waals surface area contributed by atoms with Gasteiger partial charge in [0, 0.05) is 38.4 Å². The van der Waals surface area contributed by atoms with E-state index in [2.05, 4.69) is 46.4 Å². The van der Waals surface area contributed by atoms with Crippen molar-refractivity contribution in [1.82, 2.24) is 25.3 Å². The molecular weight excluding hydrogens is 288 g/mol. The van der Waals surface area contributed by atoms with Gasteiger partial charge in [0.2, 0.25) is 0 Å². The first-order valence-electron chi connectivity index (χ1n) is 8.86. The molecule has 0 aromatic carbocycles. The smallest absolute Gasteiger partial charge is 0.191 e. The minimum Gasteiger partial charge on any atom is -0.357 e. The topological polar surface area (TPSA) is 57.5 Å². The van der Waals surface area contributed by atoms with Crippen molar-refractivity contribution in [2.24, 2.45) is 12.0 Å². The Hall–Kier alpha value is -1.56. The molecule has 23 heavy (non-hydrogen) atoms. The fourth-order valence-electron chi connectivity index (χ4n) is 3.20. The minimum atomic E-state index is 0.519. The van der Waals surface area contributed by atoms with Crippen LogP contribution in [0.15, 0.2) is 17.3 Å². The number of piperidine rings is 1. The Morgan fingerprint density at radius 3 is 2.91 bits per heavy atom. The van der Waals surface area contributed by atoms with Crippen molar-refractivity contribution in [3.8, 4) is 0 Å². The zero-order chi connectivity index (χ0) is 16.7. The lowest BCUT2D eigenvalue weighted by Crippen LogP contribution is -2.50. The third kappa shape index (κ3) is 5.23. The van der Waals surface area contributed by atoms with E-state index in [0.717, 1.165) is 24.7 Å². The van der Waals surface area contributed by atoms with Crippen molar-refractivity contribution in [2.45, 2.75) is 58.7 Å². The molecule has 2 N–H and O–H groups in total. The predicted octanol–water partition coefficient (Wildman–Crippen LogP) is 1.74. The number of nitrogens with zero attached hydrogens (tertiary/aromatic N) is 4. The average Bonchev–Trinajstić information content (AvgIpc) is 2.95. The summed E-state index contributed by atoms with van der Waals surface area (Å²) in [7, 11) is 1.95. The van der Waals surface area contributed by atoms with Gasteiger partial charge in [-0.25, -0.2) is 4.99 Å². The van der Waals surface area contributed by atoms with Crippen molar-refractivity contribution in [3.63, 3.8) is 0 Å². The average molecular weight is 320 g/mol. The van der Waals surface area contributed by atoms with Crippen molar-refractivity contribution in [1.29, 1.82) is 0 Å². The number of hydrogen-bond donors (Lipinski definition) is 2. The molecule has 0 aliphatic carbocycles. The number of hydrogen-bond acceptors (Lipinski definition) is 3. The molecule has 0 bridgehead atoms. The van der Waals surface area contributed by atoms with Crippen molar-refractivity contribution >= 4 is 5.96 Å². The highest BCUT2D eigenvalue weighted by molar-refractivity contribution is 5.79. The Balaban J connectivity index is 1.87. The highest BCUT2D eigenvalue weighted by Gasteiger charge is 2.22. The Labute approximate surface area is 140 Å². The van der Waals surface area contributed by atoms with Crippen LogP contribution in [0, 0.1) is 0 Å². The van der Waals surface area contributed by atoms with Crippen LogP contribution in [-0.4, -0.2) is 52.4 Å². The van der Waals surface area contributed by atoms with Gasteiger partial charge in [0.15, 0.2) is 5.96 Å². The highest BCUT2D eigenvalue weighted by atomic mass is 15.3. The molecule has 2 unspecified atom stereocenters. The SMILES string of the molecule is CCNC(=NCc1ccnn1C)NCC(C)N1CCCCC1C. The van der Waals surface area contributed by atoms with Crippen molar-refractivity contribution in [2.75, 3.05) is 19.6 Å². The Morgan fingerprint density at radius 1 is 1.43 bits per heavy atom. The van der Waals surface area contributed by atoms with E-state index in [9.17, 15) is 0 Å². The van der Waals surface area contributed by atoms with E-state index in [-0.39, 0.29) is 0 Å². The van der Waals surface area contributed by atoms with Crippen LogP contribution in [0.25, 0.3) is 0 Å². The lowest BCUT2D eigenvalue weighted by Gasteiger charge is -2.38. The number of aliphatic imine (C=N–C) groups is 1. The first-order valence-corrected chi connectivity index (χ1v) is 8.86. The third-order valence-electron chi connectivity index (χ3n) is 4.65. The van der Waals surface area contributed by atoms with Gasteiger partial charge in [0.05, 0.1) is 12.2 Å². The third-order valence-corrected chi connectivity index (χ3v) is 4.65. The molecule has 6 nitrogen and oxygen atoms in total. The zero-order valence-corrected chi connectivity index (χ0v) is 15.0. The molecule has 0 saturated carbocycles. The summed E-state index contributed by atoms with van der Waals surface area (Å²) in [6.45, 7) is 10.4. The number of rotatable bonds is 6. The lowest BCUT2D eigenvalue weighted by molar-refractivity contribution is 0.115. The number of aromatic nitrogens is 2. The van der Waals surface area contributed by atoms with Crippen LogP contribution in [0.3, 0.4) is 0 Å². The molecule has 2 atom stereocenters. The van der Waals surface area contributed by atoms with Gasteiger partial charge in [-0.05, 0) is 46.2 Å². The number of aryl methyl sites for hydroxylation is 1. The Morgan fingerprint density at radius 2 is 2.26 bits per heavy atom. The molecular formula is C17H32N6. The molecule has 1 aliphatic heterocycles. The second kappa shape index (κ2) is 8.91. The molecule has 2 heterocycles. The highest BCUT2D eigenvalue weighted by Crippen LogP contribution is 2.18. The first kappa shape index (κ1) is 17.8. The van der Waals surface area contributed by atoms with Gasteiger partial charge in [-0.1, -0.05) is 6.42 Å². The van der Waals surface area contributed by atoms with Crippen molar-refractivity contribution in [3.05, 3.63) is 18.0 Å². The van der Waals surface area contributed by atoms with E-state index in [1.54, 1.807) is 0 Å². The minimum absolute atomic E-state index is 0.519. The zero-order valence-electron chi connectivity index (χ0n) is 15.0. The molecule has 1 aromatic heterocycles. The molecule has 130 valence electrons. The molecule has 0 amide bonds. The molecule has 2 rings (SSSR count). The van der Waals surface area contributed by atoms with E-state index in [1.165, 1.54) is 25.8 Å². The Bertz CT molecular complexity index is 495. The van der Waals surface area contributed by atoms with Crippen LogP contribution >= 0.6 is 0 Å². The molecule has 1 aliphatic rings. The first-order chi connectivity index (χ1) is 11.1. The largest absolute Gasteiger partial charge is 0.357 e. The maximum atomic E-state index is 4.67. The number of likely N-dealkylation sites (tertiary alicyclic amines) is 1. The predicted molar refractivity (Wildman–Crippen MR) is 95.5 cm³/mol. The summed E-state index contributed by atoms with van der Waals surface area (Å²) in [5.41, 5.74) is 1.11. The number of guanidine groups is 1. The summed E-state index contributed by atoms with van der Waals surface area (Å²) in [6.07, 6.45) is 5.82. The summed E-state index contributed by atoms with van der Waals surface area (Å²) in [5.74, 6) is 0.880. The van der Waals surface area contributed by atoms with Crippen LogP contribution in [0.1, 0.15) is 45.7 Å². The van der Waals surface area contributed by atoms with E-state index in [1.807, 2.05) is 24.0 Å². The Kier molecular flexibility index (Phi) is 6.89. The summed E-state index contributed by atoms with van der Waals surface area (Å²) in [5, 5.41) is 11.0. The molecule has 1 fully saturated rings. The van der Waals surface area contributed by atoms with Gasteiger partial charge in [0.25, 0.3) is 0 Å². The number of nitrogens with one attached hydrogen (secondary N) is 2. The normalized spacial score (nSPS) is 21.2. The molecule has 1 aromatic rings. The molecule has 6 heteroatoms. The summed E-state index contributed by atoms with van der Waals surface area (Å²) in [6, 6.07) is 3.21. The van der Waals surface area contributed by atoms with Gasteiger partial charge in [-0.3, -0.25) is 9.58 Å². The molecule has 0 spiro atoms. The van der Waals surface area contributed by atoms with Crippen LogP contribution in [0.4, 0.5) is 0 Å². The van der Waals surface area contributed by atoms with E-state index < -0.39 is 0 Å². The van der Waals surface area contributed by atoms with Crippen LogP contribution in [0.5, 0.6) is 0 Å². The van der Waals surface area contributed by atoms with Crippen LogP contribution < -0.4 is 10.6 Å². The fourth-order valence-corrected chi connectivity index (χ4v) is 3.20. The fraction of sp³-hybridized carbons (Fsp3) is 0.765. The van der Waals surface area contributed by atoms with Crippen LogP contribution in [0.2, 0.25) is 0 Å². The van der Waals surface area contributed by atoms with E-state index in [4.69, 9.17) is 0 Å². The van der Waals surface area contributed by atoms with E-state index >= 15 is 0 Å². The monoisotopic (exact) mass is 320 g/mol. The van der Waals surface area contributed by atoms with Gasteiger partial charge in [-0.15, -0.1) is 0 Å². The van der Waals surface area contributed by atoms with Gasteiger partial charge >= 0.3 is 0 Å². The van der Waals surface area contributed by atoms with Gasteiger partial charge in [-0.2, -0.15) is 5.10 Å². The van der Waals surface area contributed by atoms with Crippen LogP contribution in [-0.2, 0) is 13.6 Å². The standard InChI is InChI=1S/C17H32N6/c1-5-18-17(20-13-16-9-10-21-22(16)4)19-12-15(3)23-11-7-6-8-14(23)2/h9-10,14-15H,5-8,11-13H2,1-4H3,(H2,18,19,20). The summed E-state index contributed by atoms with van der Waals surface area (Å²) < 4.78 is 1.87. The molecule has 0 radical (unpaired) electrons. The maximum absolute atomic E-state index is 4.67. The summed E-state index contributed by atoms with van der Waals surface area (Å²) in [4.78, 5) is 7.28. The van der Waals surface area contributed by atoms with Gasteiger partial charge in [0.1, 0.15) is 0 Å². The summed E-state index contributed by atoms with van der Waals surface area (Å²) >= 11 is 0. The second-order valence-corrected chi connectivity index (χ2v) is 6.45. The van der Waals surface area contributed by atoms with E-state index in [0.29, 0.717) is 18.6 Å². The van der Waals surface area contributed by atoms with Gasteiger partial charge < -0.3 is 10.6 Å². The quantitative estimate of drug-likeness (QED) is 0.619. The van der Waals surface area contributed by atoms with Crippen molar-refractivity contribution < 1.29 is 0 Å². The second-order valence-electron chi connectivity index (χ2n) is 6.45. The maximum Gasteiger partial charge on any atom is 0.191 e. The molecule has 1 saturated heterocycles.